The van der Waals surface area contributed by atoms with Gasteiger partial charge in [0.1, 0.15) is 5.69 Å². The molecule has 4 N–H and O–H groups in total. The van der Waals surface area contributed by atoms with Crippen molar-refractivity contribution >= 4 is 41.8 Å². The van der Waals surface area contributed by atoms with Crippen molar-refractivity contribution < 1.29 is 5.11 Å². The van der Waals surface area contributed by atoms with E-state index in [9.17, 15) is 0 Å². The molecule has 0 saturated carbocycles. The maximum atomic E-state index is 8.66. The molecule has 0 bridgehead atoms. The van der Waals surface area contributed by atoms with Gasteiger partial charge < -0.3 is 16.2 Å². The minimum Gasteiger partial charge on any atom is -0.395 e. The molecule has 0 radical (unpaired) electrons. The van der Waals surface area contributed by atoms with E-state index in [0.717, 1.165) is 5.52 Å². The van der Waals surface area contributed by atoms with Gasteiger partial charge in [-0.05, 0) is 12.1 Å². The summed E-state index contributed by atoms with van der Waals surface area (Å²) in [5.41, 5.74) is 7.33. The van der Waals surface area contributed by atoms with Gasteiger partial charge in [-0.25, -0.2) is 4.52 Å². The molecule has 0 unspecified atom stereocenters. The number of rotatable bonds is 3. The monoisotopic (exact) mass is 264 g/mol. The Morgan fingerprint density at radius 3 is 2.75 bits per heavy atom. The Bertz CT molecular complexity index is 446. The molecule has 0 amide bonds. The van der Waals surface area contributed by atoms with Crippen LogP contribution in [0.25, 0.3) is 5.52 Å². The van der Waals surface area contributed by atoms with E-state index in [0.29, 0.717) is 18.1 Å². The molecule has 0 aliphatic rings. The zero-order valence-electron chi connectivity index (χ0n) is 8.46. The molecule has 2 rings (SSSR count). The average Bonchev–Trinajstić information content (AvgIpc) is 2.54. The second-order valence-corrected chi connectivity index (χ2v) is 2.94. The van der Waals surface area contributed by atoms with Crippen LogP contribution in [-0.4, -0.2) is 27.9 Å². The summed E-state index contributed by atoms with van der Waals surface area (Å²) in [7, 11) is 0. The number of hydrogen-bond acceptors (Lipinski definition) is 4. The predicted octanol–water partition coefficient (Wildman–Crippen LogP) is 1.16. The number of hydrogen-bond donors (Lipinski definition) is 3. The van der Waals surface area contributed by atoms with Crippen LogP contribution >= 0.6 is 24.8 Å². The van der Waals surface area contributed by atoms with E-state index in [2.05, 4.69) is 10.4 Å². The fourth-order valence-corrected chi connectivity index (χ4v) is 1.32. The first-order valence-electron chi connectivity index (χ1n) is 4.40. The lowest BCUT2D eigenvalue weighted by atomic mass is 10.3. The topological polar surface area (TPSA) is 75.6 Å². The number of nitrogens with two attached hydrogens (primary N) is 1. The van der Waals surface area contributed by atoms with Gasteiger partial charge in [0.15, 0.2) is 5.82 Å². The summed E-state index contributed by atoms with van der Waals surface area (Å²) in [5.74, 6) is 0.616. The maximum Gasteiger partial charge on any atom is 0.172 e. The third-order valence-electron chi connectivity index (χ3n) is 1.98. The lowest BCUT2D eigenvalue weighted by Gasteiger charge is -1.98. The molecule has 0 atom stereocenters. The van der Waals surface area contributed by atoms with Crippen LogP contribution in [0.1, 0.15) is 0 Å². The molecule has 2 heterocycles. The summed E-state index contributed by atoms with van der Waals surface area (Å²) in [6, 6.07) is 5.69. The summed E-state index contributed by atoms with van der Waals surface area (Å²) in [6.45, 7) is 0.515. The molecule has 2 aromatic rings. The van der Waals surface area contributed by atoms with E-state index in [1.54, 1.807) is 4.52 Å². The van der Waals surface area contributed by atoms with Crippen LogP contribution in [0.4, 0.5) is 11.5 Å². The van der Waals surface area contributed by atoms with Crippen LogP contribution < -0.4 is 11.1 Å². The standard InChI is InChI=1S/C9H12N4O.2ClH/c10-8-7-3-1-2-5-13(7)12-9(8)11-4-6-14;;/h1-3,5,14H,4,6,10H2,(H,11,12);2*1H. The van der Waals surface area contributed by atoms with E-state index in [4.69, 9.17) is 10.8 Å². The Labute approximate surface area is 105 Å². The molecule has 5 nitrogen and oxygen atoms in total. The normalized spacial score (nSPS) is 9.31. The van der Waals surface area contributed by atoms with Crippen molar-refractivity contribution in [2.45, 2.75) is 0 Å². The SMILES string of the molecule is Cl.Cl.Nc1c(NCCO)nn2ccccc12. The van der Waals surface area contributed by atoms with Crippen LogP contribution in [0, 0.1) is 0 Å². The highest BCUT2D eigenvalue weighted by Gasteiger charge is 2.07. The molecular weight excluding hydrogens is 251 g/mol. The Hall–Kier alpha value is -1.17. The Balaban J connectivity index is 0.00000112. The summed E-state index contributed by atoms with van der Waals surface area (Å²) < 4.78 is 1.70. The second kappa shape index (κ2) is 6.42. The smallest absolute Gasteiger partial charge is 0.172 e. The number of halogens is 2. The van der Waals surface area contributed by atoms with E-state index in [-0.39, 0.29) is 31.4 Å². The number of fused-ring (bicyclic) bond motifs is 1. The van der Waals surface area contributed by atoms with E-state index in [1.165, 1.54) is 0 Å². The number of nitrogens with zero attached hydrogens (tertiary/aromatic N) is 2. The highest BCUT2D eigenvalue weighted by molar-refractivity contribution is 5.85. The van der Waals surface area contributed by atoms with Gasteiger partial charge in [0.2, 0.25) is 0 Å². The fraction of sp³-hybridized carbons (Fsp3) is 0.222. The Kier molecular flexibility index (Phi) is 5.95. The highest BCUT2D eigenvalue weighted by atomic mass is 35.5. The number of nitrogens with one attached hydrogen (secondary N) is 1. The van der Waals surface area contributed by atoms with Crippen molar-refractivity contribution in [3.63, 3.8) is 0 Å². The molecule has 16 heavy (non-hydrogen) atoms. The van der Waals surface area contributed by atoms with Gasteiger partial charge >= 0.3 is 0 Å². The summed E-state index contributed by atoms with van der Waals surface area (Å²) >= 11 is 0. The van der Waals surface area contributed by atoms with Crippen molar-refractivity contribution in [3.05, 3.63) is 24.4 Å². The minimum absolute atomic E-state index is 0. The molecule has 0 spiro atoms. The average molecular weight is 265 g/mol. The molecule has 0 aliphatic carbocycles. The number of nitrogen functional groups attached to an aromatic ring is 1. The zero-order chi connectivity index (χ0) is 9.97. The van der Waals surface area contributed by atoms with E-state index >= 15 is 0 Å². The Morgan fingerprint density at radius 2 is 2.12 bits per heavy atom. The molecule has 7 heteroatoms. The summed E-state index contributed by atoms with van der Waals surface area (Å²) in [6.07, 6.45) is 1.83. The third-order valence-corrected chi connectivity index (χ3v) is 1.98. The largest absolute Gasteiger partial charge is 0.395 e. The molecular formula is C9H14Cl2N4O. The maximum absolute atomic E-state index is 8.66. The van der Waals surface area contributed by atoms with Gasteiger partial charge in [0.25, 0.3) is 0 Å². The third kappa shape index (κ3) is 2.69. The first-order valence-corrected chi connectivity index (χ1v) is 4.40. The van der Waals surface area contributed by atoms with Crippen molar-refractivity contribution in [2.75, 3.05) is 24.2 Å². The lowest BCUT2D eigenvalue weighted by Crippen LogP contribution is -2.07. The molecule has 0 fully saturated rings. The van der Waals surface area contributed by atoms with E-state index in [1.807, 2.05) is 24.4 Å². The van der Waals surface area contributed by atoms with Gasteiger partial charge in [0.05, 0.1) is 12.1 Å². The Morgan fingerprint density at radius 1 is 1.38 bits per heavy atom. The van der Waals surface area contributed by atoms with Crippen molar-refractivity contribution in [1.29, 1.82) is 0 Å². The van der Waals surface area contributed by atoms with Crippen LogP contribution in [0.15, 0.2) is 24.4 Å². The second-order valence-electron chi connectivity index (χ2n) is 2.94. The van der Waals surface area contributed by atoms with Crippen molar-refractivity contribution in [1.82, 2.24) is 9.61 Å². The summed E-state index contributed by atoms with van der Waals surface area (Å²) in [5, 5.41) is 15.8. The first kappa shape index (κ1) is 14.8. The number of aromatic nitrogens is 2. The zero-order valence-corrected chi connectivity index (χ0v) is 10.1. The van der Waals surface area contributed by atoms with Crippen molar-refractivity contribution in [2.24, 2.45) is 0 Å². The van der Waals surface area contributed by atoms with Crippen LogP contribution in [0.5, 0.6) is 0 Å². The van der Waals surface area contributed by atoms with Crippen LogP contribution in [0.3, 0.4) is 0 Å². The number of pyridine rings is 1. The number of anilines is 2. The van der Waals surface area contributed by atoms with Crippen LogP contribution in [0.2, 0.25) is 0 Å². The molecule has 0 aromatic carbocycles. The van der Waals surface area contributed by atoms with Crippen LogP contribution in [-0.2, 0) is 0 Å². The number of aliphatic hydroxyl groups is 1. The molecule has 2 aromatic heterocycles. The van der Waals surface area contributed by atoms with Gasteiger partial charge in [0, 0.05) is 12.7 Å². The minimum atomic E-state index is 0. The lowest BCUT2D eigenvalue weighted by molar-refractivity contribution is 0.311. The quantitative estimate of drug-likeness (QED) is 0.778. The highest BCUT2D eigenvalue weighted by Crippen LogP contribution is 2.21. The number of aliphatic hydroxyl groups excluding tert-OH is 1. The first-order chi connectivity index (χ1) is 6.83. The molecule has 0 saturated heterocycles. The molecule has 0 aliphatic heterocycles. The van der Waals surface area contributed by atoms with Crippen molar-refractivity contribution in [3.8, 4) is 0 Å². The predicted molar refractivity (Wildman–Crippen MR) is 69.7 cm³/mol. The summed E-state index contributed by atoms with van der Waals surface area (Å²) in [4.78, 5) is 0. The van der Waals surface area contributed by atoms with Gasteiger partial charge in [-0.1, -0.05) is 6.07 Å². The van der Waals surface area contributed by atoms with Gasteiger partial charge in [-0.2, -0.15) is 0 Å². The fourth-order valence-electron chi connectivity index (χ4n) is 1.32. The van der Waals surface area contributed by atoms with Gasteiger partial charge in [-0.15, -0.1) is 29.9 Å². The van der Waals surface area contributed by atoms with Gasteiger partial charge in [-0.3, -0.25) is 0 Å². The van der Waals surface area contributed by atoms with E-state index < -0.39 is 0 Å². The molecule has 90 valence electrons.